The van der Waals surface area contributed by atoms with Gasteiger partial charge in [-0.2, -0.15) is 0 Å². The van der Waals surface area contributed by atoms with E-state index in [9.17, 15) is 4.79 Å². The largest absolute Gasteiger partial charge is 0.354 e. The van der Waals surface area contributed by atoms with Gasteiger partial charge in [0, 0.05) is 18.5 Å². The lowest BCUT2D eigenvalue weighted by Crippen LogP contribution is -2.55. The first kappa shape index (κ1) is 14.1. The van der Waals surface area contributed by atoms with Crippen molar-refractivity contribution >= 4 is 18.3 Å². The van der Waals surface area contributed by atoms with Crippen molar-refractivity contribution in [2.75, 3.05) is 6.54 Å². The summed E-state index contributed by atoms with van der Waals surface area (Å²) in [5.41, 5.74) is 6.03. The summed E-state index contributed by atoms with van der Waals surface area (Å²) in [6.07, 6.45) is 9.57. The Balaban J connectivity index is 0.00000120. The predicted octanol–water partition coefficient (Wildman–Crippen LogP) is 2.23. The van der Waals surface area contributed by atoms with Crippen molar-refractivity contribution in [3.05, 3.63) is 0 Å². The van der Waals surface area contributed by atoms with E-state index in [-0.39, 0.29) is 23.9 Å². The number of nitrogens with one attached hydrogen (secondary N) is 1. The van der Waals surface area contributed by atoms with Crippen LogP contribution >= 0.6 is 12.4 Å². The highest BCUT2D eigenvalue weighted by atomic mass is 35.5. The third-order valence-electron chi connectivity index (χ3n) is 5.32. The van der Waals surface area contributed by atoms with E-state index in [1.165, 1.54) is 32.1 Å². The standard InChI is InChI=1S/C14H24N2O.ClH/c15-14(4-1-5-14)9-16-13(17)8-12-7-10-2-3-11(12)6-10;/h10-12H,1-9,15H2,(H,16,17);1H. The van der Waals surface area contributed by atoms with Gasteiger partial charge in [-0.3, -0.25) is 4.79 Å². The fourth-order valence-electron chi connectivity index (χ4n) is 4.02. The maximum atomic E-state index is 11.9. The minimum Gasteiger partial charge on any atom is -0.354 e. The summed E-state index contributed by atoms with van der Waals surface area (Å²) in [6.45, 7) is 0.687. The van der Waals surface area contributed by atoms with Gasteiger partial charge in [-0.15, -0.1) is 12.4 Å². The number of fused-ring (bicyclic) bond motifs is 2. The van der Waals surface area contributed by atoms with Crippen LogP contribution in [0, 0.1) is 17.8 Å². The first-order valence-corrected chi connectivity index (χ1v) is 7.20. The van der Waals surface area contributed by atoms with E-state index < -0.39 is 0 Å². The van der Waals surface area contributed by atoms with Crippen LogP contribution in [0.5, 0.6) is 0 Å². The molecule has 1 amide bonds. The molecule has 4 heteroatoms. The van der Waals surface area contributed by atoms with Crippen LogP contribution in [-0.4, -0.2) is 18.0 Å². The van der Waals surface area contributed by atoms with Gasteiger partial charge in [-0.05, 0) is 56.3 Å². The molecule has 3 fully saturated rings. The minimum atomic E-state index is -0.0790. The van der Waals surface area contributed by atoms with Gasteiger partial charge in [0.2, 0.25) is 5.91 Å². The Bertz CT molecular complexity index is 317. The molecule has 0 aromatic rings. The lowest BCUT2D eigenvalue weighted by molar-refractivity contribution is -0.122. The fraction of sp³-hybridized carbons (Fsp3) is 0.929. The average molecular weight is 273 g/mol. The monoisotopic (exact) mass is 272 g/mol. The molecule has 18 heavy (non-hydrogen) atoms. The number of halogens is 1. The topological polar surface area (TPSA) is 55.1 Å². The molecule has 0 heterocycles. The van der Waals surface area contributed by atoms with Gasteiger partial charge in [0.15, 0.2) is 0 Å². The van der Waals surface area contributed by atoms with Gasteiger partial charge < -0.3 is 11.1 Å². The van der Waals surface area contributed by atoms with Crippen LogP contribution in [0.15, 0.2) is 0 Å². The first-order chi connectivity index (χ1) is 8.15. The lowest BCUT2D eigenvalue weighted by Gasteiger charge is -2.38. The van der Waals surface area contributed by atoms with Gasteiger partial charge in [-0.1, -0.05) is 6.42 Å². The van der Waals surface area contributed by atoms with Gasteiger partial charge in [0.1, 0.15) is 0 Å². The molecule has 0 aromatic heterocycles. The molecule has 3 N–H and O–H groups in total. The second-order valence-electron chi connectivity index (χ2n) is 6.63. The van der Waals surface area contributed by atoms with Gasteiger partial charge in [0.25, 0.3) is 0 Å². The number of hydrogen-bond acceptors (Lipinski definition) is 2. The third-order valence-corrected chi connectivity index (χ3v) is 5.32. The second-order valence-corrected chi connectivity index (χ2v) is 6.63. The van der Waals surface area contributed by atoms with Crippen molar-refractivity contribution in [1.82, 2.24) is 5.32 Å². The molecule has 3 atom stereocenters. The average Bonchev–Trinajstić information content (AvgIpc) is 2.85. The molecule has 3 saturated carbocycles. The van der Waals surface area contributed by atoms with Crippen molar-refractivity contribution in [3.8, 4) is 0 Å². The van der Waals surface area contributed by atoms with E-state index in [2.05, 4.69) is 5.32 Å². The zero-order chi connectivity index (χ0) is 11.9. The van der Waals surface area contributed by atoms with Crippen molar-refractivity contribution in [3.63, 3.8) is 0 Å². The molecule has 3 rings (SSSR count). The maximum Gasteiger partial charge on any atom is 0.220 e. The molecular formula is C14H25ClN2O. The Hall–Kier alpha value is -0.280. The number of rotatable bonds is 4. The number of carbonyl (C=O) groups is 1. The Morgan fingerprint density at radius 1 is 1.28 bits per heavy atom. The molecule has 0 aromatic carbocycles. The first-order valence-electron chi connectivity index (χ1n) is 7.20. The summed E-state index contributed by atoms with van der Waals surface area (Å²) in [4.78, 5) is 11.9. The second kappa shape index (κ2) is 5.38. The number of nitrogens with two attached hydrogens (primary N) is 1. The van der Waals surface area contributed by atoms with E-state index in [1.54, 1.807) is 0 Å². The summed E-state index contributed by atoms with van der Waals surface area (Å²) < 4.78 is 0. The number of hydrogen-bond donors (Lipinski definition) is 2. The highest BCUT2D eigenvalue weighted by Gasteiger charge is 2.40. The van der Waals surface area contributed by atoms with Crippen molar-refractivity contribution < 1.29 is 4.79 Å². The lowest BCUT2D eigenvalue weighted by atomic mass is 9.77. The summed E-state index contributed by atoms with van der Waals surface area (Å²) in [5, 5.41) is 3.05. The molecule has 0 spiro atoms. The van der Waals surface area contributed by atoms with E-state index >= 15 is 0 Å². The zero-order valence-corrected chi connectivity index (χ0v) is 11.8. The highest BCUT2D eigenvalue weighted by molar-refractivity contribution is 5.85. The van der Waals surface area contributed by atoms with Gasteiger partial charge in [-0.25, -0.2) is 0 Å². The third kappa shape index (κ3) is 2.83. The van der Waals surface area contributed by atoms with E-state index in [0.717, 1.165) is 31.1 Å². The van der Waals surface area contributed by atoms with Gasteiger partial charge in [0.05, 0.1) is 0 Å². The van der Waals surface area contributed by atoms with Crippen LogP contribution in [-0.2, 0) is 4.79 Å². The SMILES string of the molecule is Cl.NC1(CNC(=O)CC2CC3CCC2C3)CCC1. The smallest absolute Gasteiger partial charge is 0.220 e. The number of amides is 1. The van der Waals surface area contributed by atoms with Crippen LogP contribution in [0.1, 0.15) is 51.4 Å². The normalized spacial score (nSPS) is 35.7. The van der Waals surface area contributed by atoms with Crippen molar-refractivity contribution in [2.24, 2.45) is 23.5 Å². The van der Waals surface area contributed by atoms with Crippen LogP contribution in [0.3, 0.4) is 0 Å². The van der Waals surface area contributed by atoms with E-state index in [0.29, 0.717) is 12.5 Å². The number of carbonyl (C=O) groups excluding carboxylic acids is 1. The Morgan fingerprint density at radius 3 is 2.56 bits per heavy atom. The zero-order valence-electron chi connectivity index (χ0n) is 11.0. The van der Waals surface area contributed by atoms with Crippen LogP contribution in [0.4, 0.5) is 0 Å². The minimum absolute atomic E-state index is 0. The van der Waals surface area contributed by atoms with E-state index in [1.807, 2.05) is 0 Å². The van der Waals surface area contributed by atoms with Crippen LogP contribution in [0.2, 0.25) is 0 Å². The maximum absolute atomic E-state index is 11.9. The highest BCUT2D eigenvalue weighted by Crippen LogP contribution is 2.49. The van der Waals surface area contributed by atoms with Crippen molar-refractivity contribution in [1.29, 1.82) is 0 Å². The van der Waals surface area contributed by atoms with Crippen molar-refractivity contribution in [2.45, 2.75) is 56.9 Å². The molecule has 2 bridgehead atoms. The van der Waals surface area contributed by atoms with Gasteiger partial charge >= 0.3 is 0 Å². The quantitative estimate of drug-likeness (QED) is 0.825. The Labute approximate surface area is 116 Å². The molecule has 104 valence electrons. The molecule has 0 radical (unpaired) electrons. The summed E-state index contributed by atoms with van der Waals surface area (Å²) in [6, 6.07) is 0. The Morgan fingerprint density at radius 2 is 2.06 bits per heavy atom. The molecular weight excluding hydrogens is 248 g/mol. The molecule has 3 unspecified atom stereocenters. The fourth-order valence-corrected chi connectivity index (χ4v) is 4.02. The summed E-state index contributed by atoms with van der Waals surface area (Å²) >= 11 is 0. The van der Waals surface area contributed by atoms with Crippen LogP contribution in [0.25, 0.3) is 0 Å². The Kier molecular flexibility index (Phi) is 4.22. The van der Waals surface area contributed by atoms with Crippen LogP contribution < -0.4 is 11.1 Å². The predicted molar refractivity (Wildman–Crippen MR) is 74.6 cm³/mol. The molecule has 0 aliphatic heterocycles. The molecule has 3 aliphatic carbocycles. The van der Waals surface area contributed by atoms with E-state index in [4.69, 9.17) is 5.73 Å². The molecule has 3 nitrogen and oxygen atoms in total. The molecule has 0 saturated heterocycles. The molecule has 3 aliphatic rings. The summed E-state index contributed by atoms with van der Waals surface area (Å²) in [5.74, 6) is 2.69. The summed E-state index contributed by atoms with van der Waals surface area (Å²) in [7, 11) is 0.